The van der Waals surface area contributed by atoms with Gasteiger partial charge in [-0.1, -0.05) is 12.1 Å². The minimum Gasteiger partial charge on any atom is -0.481 e. The van der Waals surface area contributed by atoms with E-state index in [0.29, 0.717) is 11.4 Å². The van der Waals surface area contributed by atoms with Crippen LogP contribution >= 0.6 is 0 Å². The summed E-state index contributed by atoms with van der Waals surface area (Å²) in [5, 5.41) is 0. The summed E-state index contributed by atoms with van der Waals surface area (Å²) in [5.74, 6) is -0.489. The summed E-state index contributed by atoms with van der Waals surface area (Å²) in [4.78, 5) is 19.7. The minimum absolute atomic E-state index is 0.171. The Morgan fingerprint density at radius 3 is 2.72 bits per heavy atom. The highest BCUT2D eigenvalue weighted by molar-refractivity contribution is 6.07. The van der Waals surface area contributed by atoms with Crippen LogP contribution in [0.2, 0.25) is 0 Å². The van der Waals surface area contributed by atoms with E-state index in [1.807, 2.05) is 0 Å². The lowest BCUT2D eigenvalue weighted by atomic mass is 10.1. The maximum Gasteiger partial charge on any atom is 0.216 e. The van der Waals surface area contributed by atoms with Crippen LogP contribution in [0.3, 0.4) is 0 Å². The summed E-state index contributed by atoms with van der Waals surface area (Å²) in [6.07, 6.45) is 1.23. The van der Waals surface area contributed by atoms with Gasteiger partial charge in [-0.15, -0.1) is 0 Å². The van der Waals surface area contributed by atoms with Crippen LogP contribution in [0.25, 0.3) is 0 Å². The van der Waals surface area contributed by atoms with Crippen LogP contribution in [0, 0.1) is 12.7 Å². The Hall–Kier alpha value is -2.30. The molecule has 0 spiro atoms. The maximum atomic E-state index is 13.4. The molecular formula is C13H11FN2O2. The monoisotopic (exact) mass is 246 g/mol. The number of aryl methyl sites for hydroxylation is 1. The lowest BCUT2D eigenvalue weighted by molar-refractivity contribution is 0.103. The van der Waals surface area contributed by atoms with Crippen LogP contribution in [0.15, 0.2) is 30.6 Å². The second kappa shape index (κ2) is 4.91. The Labute approximate surface area is 103 Å². The zero-order chi connectivity index (χ0) is 13.1. The predicted octanol–water partition coefficient (Wildman–Crippen LogP) is 2.16. The van der Waals surface area contributed by atoms with E-state index in [-0.39, 0.29) is 17.0 Å². The van der Waals surface area contributed by atoms with Gasteiger partial charge in [-0.25, -0.2) is 14.4 Å². The third-order valence-electron chi connectivity index (χ3n) is 2.52. The first kappa shape index (κ1) is 12.2. The normalized spacial score (nSPS) is 10.2. The molecule has 0 aliphatic heterocycles. The van der Waals surface area contributed by atoms with Gasteiger partial charge in [-0.3, -0.25) is 4.79 Å². The first-order chi connectivity index (χ1) is 8.61. The fourth-order valence-corrected chi connectivity index (χ4v) is 1.46. The number of carbonyl (C=O) groups is 1. The molecule has 0 bridgehead atoms. The number of aromatic nitrogens is 2. The number of carbonyl (C=O) groups excluding carboxylic acids is 1. The molecule has 0 aliphatic carbocycles. The number of hydrogen-bond donors (Lipinski definition) is 0. The molecule has 0 atom stereocenters. The van der Waals surface area contributed by atoms with Gasteiger partial charge in [0.15, 0.2) is 0 Å². The number of nitrogens with zero attached hydrogens (tertiary/aromatic N) is 2. The Morgan fingerprint density at radius 2 is 2.06 bits per heavy atom. The smallest absolute Gasteiger partial charge is 0.216 e. The van der Waals surface area contributed by atoms with Crippen LogP contribution in [0.1, 0.15) is 21.6 Å². The third kappa shape index (κ3) is 2.34. The largest absolute Gasteiger partial charge is 0.481 e. The van der Waals surface area contributed by atoms with Gasteiger partial charge in [0.2, 0.25) is 11.7 Å². The highest BCUT2D eigenvalue weighted by atomic mass is 19.1. The second-order valence-electron chi connectivity index (χ2n) is 3.74. The van der Waals surface area contributed by atoms with Crippen LogP contribution < -0.4 is 4.74 Å². The summed E-state index contributed by atoms with van der Waals surface area (Å²) in [6.45, 7) is 1.64. The van der Waals surface area contributed by atoms with Crippen molar-refractivity contribution in [3.8, 4) is 5.88 Å². The molecule has 0 saturated carbocycles. The molecule has 0 unspecified atom stereocenters. The average molecular weight is 246 g/mol. The van der Waals surface area contributed by atoms with E-state index in [0.717, 1.165) is 0 Å². The van der Waals surface area contributed by atoms with Gasteiger partial charge in [0, 0.05) is 11.6 Å². The van der Waals surface area contributed by atoms with Gasteiger partial charge in [0.05, 0.1) is 7.11 Å². The van der Waals surface area contributed by atoms with E-state index in [9.17, 15) is 9.18 Å². The summed E-state index contributed by atoms with van der Waals surface area (Å²) < 4.78 is 18.3. The van der Waals surface area contributed by atoms with Gasteiger partial charge in [-0.2, -0.15) is 0 Å². The predicted molar refractivity (Wildman–Crippen MR) is 63.2 cm³/mol. The first-order valence-corrected chi connectivity index (χ1v) is 5.28. The van der Waals surface area contributed by atoms with E-state index in [1.54, 1.807) is 19.1 Å². The van der Waals surface area contributed by atoms with E-state index < -0.39 is 5.82 Å². The van der Waals surface area contributed by atoms with Gasteiger partial charge in [0.25, 0.3) is 0 Å². The van der Waals surface area contributed by atoms with Crippen LogP contribution in [-0.2, 0) is 0 Å². The van der Waals surface area contributed by atoms with E-state index in [4.69, 9.17) is 4.74 Å². The quantitative estimate of drug-likeness (QED) is 0.779. The van der Waals surface area contributed by atoms with Crippen molar-refractivity contribution < 1.29 is 13.9 Å². The van der Waals surface area contributed by atoms with Crippen molar-refractivity contribution in [2.75, 3.05) is 7.11 Å². The molecule has 5 heteroatoms. The summed E-state index contributed by atoms with van der Waals surface area (Å²) in [5.41, 5.74) is 0.913. The van der Waals surface area contributed by atoms with Crippen LogP contribution in [0.5, 0.6) is 5.88 Å². The molecule has 2 rings (SSSR count). The Morgan fingerprint density at radius 1 is 1.28 bits per heavy atom. The molecular weight excluding hydrogens is 235 g/mol. The maximum absolute atomic E-state index is 13.4. The second-order valence-corrected chi connectivity index (χ2v) is 3.74. The van der Waals surface area contributed by atoms with Crippen molar-refractivity contribution in [3.05, 3.63) is 53.2 Å². The first-order valence-electron chi connectivity index (χ1n) is 5.28. The van der Waals surface area contributed by atoms with Crippen molar-refractivity contribution in [3.63, 3.8) is 0 Å². The molecule has 18 heavy (non-hydrogen) atoms. The van der Waals surface area contributed by atoms with E-state index >= 15 is 0 Å². The molecule has 0 amide bonds. The number of ether oxygens (including phenoxy) is 1. The fourth-order valence-electron chi connectivity index (χ4n) is 1.46. The van der Waals surface area contributed by atoms with Crippen molar-refractivity contribution >= 4 is 5.78 Å². The molecule has 0 aliphatic rings. The van der Waals surface area contributed by atoms with Gasteiger partial charge < -0.3 is 4.74 Å². The Kier molecular flexibility index (Phi) is 3.32. The molecule has 0 N–H and O–H groups in total. The van der Waals surface area contributed by atoms with Crippen molar-refractivity contribution in [2.45, 2.75) is 6.92 Å². The summed E-state index contributed by atoms with van der Waals surface area (Å²) in [6, 6.07) is 5.74. The molecule has 0 radical (unpaired) electrons. The number of ketones is 1. The number of halogens is 1. The number of methoxy groups -OCH3 is 1. The summed E-state index contributed by atoms with van der Waals surface area (Å²) in [7, 11) is 1.45. The topological polar surface area (TPSA) is 52.1 Å². The zero-order valence-electron chi connectivity index (χ0n) is 9.98. The third-order valence-corrected chi connectivity index (χ3v) is 2.52. The molecule has 1 heterocycles. The minimum atomic E-state index is -0.415. The highest BCUT2D eigenvalue weighted by Gasteiger charge is 2.13. The molecule has 1 aromatic heterocycles. The van der Waals surface area contributed by atoms with Crippen LogP contribution in [0.4, 0.5) is 4.39 Å². The van der Waals surface area contributed by atoms with E-state index in [1.165, 1.54) is 25.6 Å². The fraction of sp³-hybridized carbons (Fsp3) is 0.154. The SMILES string of the molecule is COc1cc(C(=O)c2ccc(C)c(F)c2)ncn1. The average Bonchev–Trinajstić information content (AvgIpc) is 2.41. The zero-order valence-corrected chi connectivity index (χ0v) is 9.98. The number of benzene rings is 1. The Bertz CT molecular complexity index is 599. The molecule has 4 nitrogen and oxygen atoms in total. The molecule has 1 aromatic carbocycles. The Balaban J connectivity index is 2.38. The highest BCUT2D eigenvalue weighted by Crippen LogP contribution is 2.14. The van der Waals surface area contributed by atoms with Crippen molar-refractivity contribution in [2.24, 2.45) is 0 Å². The molecule has 2 aromatic rings. The van der Waals surface area contributed by atoms with Crippen molar-refractivity contribution in [1.29, 1.82) is 0 Å². The van der Waals surface area contributed by atoms with Crippen molar-refractivity contribution in [1.82, 2.24) is 9.97 Å². The number of hydrogen-bond acceptors (Lipinski definition) is 4. The molecule has 0 fully saturated rings. The summed E-state index contributed by atoms with van der Waals surface area (Å²) >= 11 is 0. The lowest BCUT2D eigenvalue weighted by Crippen LogP contribution is -2.06. The van der Waals surface area contributed by atoms with Gasteiger partial charge >= 0.3 is 0 Å². The molecule has 0 saturated heterocycles. The van der Waals surface area contributed by atoms with Crippen LogP contribution in [-0.4, -0.2) is 22.9 Å². The lowest BCUT2D eigenvalue weighted by Gasteiger charge is -2.03. The van der Waals surface area contributed by atoms with E-state index in [2.05, 4.69) is 9.97 Å². The standard InChI is InChI=1S/C13H11FN2O2/c1-8-3-4-9(5-10(8)14)13(17)11-6-12(18-2)16-7-15-11/h3-7H,1-2H3. The van der Waals surface area contributed by atoms with Gasteiger partial charge in [0.1, 0.15) is 17.8 Å². The van der Waals surface area contributed by atoms with Gasteiger partial charge in [-0.05, 0) is 18.6 Å². The number of rotatable bonds is 3. The molecule has 92 valence electrons.